The van der Waals surface area contributed by atoms with Gasteiger partial charge in [-0.3, -0.25) is 19.0 Å². The van der Waals surface area contributed by atoms with Crippen LogP contribution in [0.1, 0.15) is 6.92 Å². The van der Waals surface area contributed by atoms with Gasteiger partial charge in [0.2, 0.25) is 11.8 Å². The van der Waals surface area contributed by atoms with Crippen LogP contribution >= 0.6 is 23.1 Å². The molecule has 0 aliphatic heterocycles. The van der Waals surface area contributed by atoms with Crippen LogP contribution < -0.4 is 16.2 Å². The maximum absolute atomic E-state index is 13.7. The van der Waals surface area contributed by atoms with Gasteiger partial charge in [0.15, 0.2) is 22.6 Å². The van der Waals surface area contributed by atoms with Gasteiger partial charge in [0.05, 0.1) is 23.0 Å². The zero-order valence-corrected chi connectivity index (χ0v) is 18.3. The molecule has 1 aromatic carbocycles. The highest BCUT2D eigenvalue weighted by atomic mass is 32.2. The molecular weight excluding hydrogens is 465 g/mol. The number of carbonyl (C=O) groups excluding carboxylic acids is 2. The molecule has 3 aromatic rings. The first-order chi connectivity index (χ1) is 15.2. The van der Waals surface area contributed by atoms with Crippen molar-refractivity contribution in [3.63, 3.8) is 0 Å². The van der Waals surface area contributed by atoms with Gasteiger partial charge in [0.1, 0.15) is 4.70 Å². The van der Waals surface area contributed by atoms with E-state index >= 15 is 0 Å². The number of nitrogens with zero attached hydrogens (tertiary/aromatic N) is 2. The monoisotopic (exact) mass is 482 g/mol. The Kier molecular flexibility index (Phi) is 7.36. The third kappa shape index (κ3) is 5.02. The Morgan fingerprint density at radius 2 is 2.03 bits per heavy atom. The Morgan fingerprint density at radius 1 is 1.28 bits per heavy atom. The molecule has 0 fully saturated rings. The summed E-state index contributed by atoms with van der Waals surface area (Å²) in [6.45, 7) is 4.87. The maximum atomic E-state index is 13.7. The van der Waals surface area contributed by atoms with Crippen LogP contribution in [0, 0.1) is 17.5 Å². The minimum atomic E-state index is -1.71. The third-order valence-corrected chi connectivity index (χ3v) is 6.21. The van der Waals surface area contributed by atoms with Crippen molar-refractivity contribution in [3.05, 3.63) is 64.0 Å². The molecule has 0 radical (unpaired) electrons. The zero-order chi connectivity index (χ0) is 23.4. The molecule has 7 nitrogen and oxygen atoms in total. The standard InChI is InChI=1S/C20H17F3N4O3S2/c1-3-7-27-19(30)17-13(6-8-31-17)26-20(27)32-10(2)18(29)24-9-14(28)25-12-5-4-11(21)15(22)16(12)23/h3-6,8,10H,1,7,9H2,2H3,(H,24,29)(H,25,28)/t10-/m1/s1. The molecule has 1 atom stereocenters. The summed E-state index contributed by atoms with van der Waals surface area (Å²) in [5.41, 5.74) is -0.274. The molecule has 0 saturated heterocycles. The van der Waals surface area contributed by atoms with E-state index < -0.39 is 46.7 Å². The second-order valence-corrected chi connectivity index (χ2v) is 8.71. The highest BCUT2D eigenvalue weighted by Gasteiger charge is 2.21. The summed E-state index contributed by atoms with van der Waals surface area (Å²) in [6, 6.07) is 3.25. The lowest BCUT2D eigenvalue weighted by Crippen LogP contribution is -2.37. The number of halogens is 3. The number of anilines is 1. The van der Waals surface area contributed by atoms with Crippen molar-refractivity contribution in [3.8, 4) is 0 Å². The number of hydrogen-bond donors (Lipinski definition) is 2. The van der Waals surface area contributed by atoms with E-state index in [0.29, 0.717) is 21.4 Å². The van der Waals surface area contributed by atoms with E-state index in [-0.39, 0.29) is 12.1 Å². The Bertz CT molecular complexity index is 1260. The molecule has 3 rings (SSSR count). The molecule has 2 amide bonds. The molecule has 0 spiro atoms. The number of benzene rings is 1. The molecule has 0 bridgehead atoms. The van der Waals surface area contributed by atoms with Crippen molar-refractivity contribution in [2.45, 2.75) is 23.9 Å². The summed E-state index contributed by atoms with van der Waals surface area (Å²) in [5, 5.41) is 5.76. The zero-order valence-electron chi connectivity index (χ0n) is 16.7. The lowest BCUT2D eigenvalue weighted by Gasteiger charge is -2.15. The Balaban J connectivity index is 1.65. The van der Waals surface area contributed by atoms with Gasteiger partial charge in [-0.25, -0.2) is 18.2 Å². The number of nitrogens with one attached hydrogen (secondary N) is 2. The average Bonchev–Trinajstić information content (AvgIpc) is 3.24. The van der Waals surface area contributed by atoms with Crippen molar-refractivity contribution < 1.29 is 22.8 Å². The number of rotatable bonds is 8. The lowest BCUT2D eigenvalue weighted by molar-refractivity contribution is -0.123. The lowest BCUT2D eigenvalue weighted by atomic mass is 10.2. The SMILES string of the molecule is C=CCn1c(S[C@H](C)C(=O)NCC(=O)Nc2ccc(F)c(F)c2F)nc2ccsc2c1=O. The topological polar surface area (TPSA) is 93.1 Å². The van der Waals surface area contributed by atoms with Gasteiger partial charge in [-0.2, -0.15) is 0 Å². The highest BCUT2D eigenvalue weighted by Crippen LogP contribution is 2.24. The van der Waals surface area contributed by atoms with Crippen LogP contribution in [0.5, 0.6) is 0 Å². The molecule has 0 aliphatic rings. The van der Waals surface area contributed by atoms with Crippen molar-refractivity contribution in [2.24, 2.45) is 0 Å². The summed E-state index contributed by atoms with van der Waals surface area (Å²) >= 11 is 2.29. The predicted molar refractivity (Wildman–Crippen MR) is 117 cm³/mol. The first kappa shape index (κ1) is 23.5. The number of aromatic nitrogens is 2. The van der Waals surface area contributed by atoms with Crippen LogP contribution in [0.25, 0.3) is 10.2 Å². The van der Waals surface area contributed by atoms with Crippen LogP contribution in [-0.4, -0.2) is 33.2 Å². The molecule has 0 unspecified atom stereocenters. The van der Waals surface area contributed by atoms with Crippen LogP contribution in [0.2, 0.25) is 0 Å². The van der Waals surface area contributed by atoms with Gasteiger partial charge in [0, 0.05) is 6.54 Å². The Morgan fingerprint density at radius 3 is 2.75 bits per heavy atom. The summed E-state index contributed by atoms with van der Waals surface area (Å²) in [5.74, 6) is -6.01. The summed E-state index contributed by atoms with van der Waals surface area (Å²) in [7, 11) is 0. The van der Waals surface area contributed by atoms with Gasteiger partial charge in [-0.1, -0.05) is 17.8 Å². The second-order valence-electron chi connectivity index (χ2n) is 6.48. The largest absolute Gasteiger partial charge is 0.346 e. The van der Waals surface area contributed by atoms with Crippen LogP contribution in [0.15, 0.2) is 46.2 Å². The van der Waals surface area contributed by atoms with E-state index in [0.717, 1.165) is 17.8 Å². The fourth-order valence-corrected chi connectivity index (χ4v) is 4.36. The van der Waals surface area contributed by atoms with Crippen LogP contribution in [0.3, 0.4) is 0 Å². The van der Waals surface area contributed by atoms with E-state index in [4.69, 9.17) is 0 Å². The maximum Gasteiger partial charge on any atom is 0.272 e. The molecule has 12 heteroatoms. The van der Waals surface area contributed by atoms with Crippen LogP contribution in [0.4, 0.5) is 18.9 Å². The van der Waals surface area contributed by atoms with E-state index in [1.807, 2.05) is 0 Å². The summed E-state index contributed by atoms with van der Waals surface area (Å²) < 4.78 is 41.8. The van der Waals surface area contributed by atoms with Crippen molar-refractivity contribution in [1.82, 2.24) is 14.9 Å². The minimum absolute atomic E-state index is 0.207. The fourth-order valence-electron chi connectivity index (χ4n) is 2.64. The van der Waals surface area contributed by atoms with Crippen LogP contribution in [-0.2, 0) is 16.1 Å². The van der Waals surface area contributed by atoms with E-state index in [1.54, 1.807) is 24.4 Å². The molecule has 32 heavy (non-hydrogen) atoms. The molecule has 0 saturated carbocycles. The van der Waals surface area contributed by atoms with E-state index in [1.165, 1.54) is 15.9 Å². The van der Waals surface area contributed by atoms with Gasteiger partial charge >= 0.3 is 0 Å². The number of thioether (sulfide) groups is 1. The number of fused-ring (bicyclic) bond motifs is 1. The van der Waals surface area contributed by atoms with Gasteiger partial charge < -0.3 is 10.6 Å². The first-order valence-corrected chi connectivity index (χ1v) is 11.0. The minimum Gasteiger partial charge on any atom is -0.346 e. The van der Waals surface area contributed by atoms with Gasteiger partial charge in [-0.05, 0) is 30.5 Å². The molecule has 2 N–H and O–H groups in total. The van der Waals surface area contributed by atoms with Crippen molar-refractivity contribution in [2.75, 3.05) is 11.9 Å². The number of hydrogen-bond acceptors (Lipinski definition) is 6. The normalized spacial score (nSPS) is 11.9. The van der Waals surface area contributed by atoms with E-state index in [2.05, 4.69) is 22.2 Å². The number of thiophene rings is 1. The predicted octanol–water partition coefficient (Wildman–Crippen LogP) is 3.30. The number of carbonyl (C=O) groups is 2. The Hall–Kier alpha value is -3.12. The quantitative estimate of drug-likeness (QED) is 0.222. The summed E-state index contributed by atoms with van der Waals surface area (Å²) in [4.78, 5) is 41.5. The van der Waals surface area contributed by atoms with Crippen molar-refractivity contribution >= 4 is 50.8 Å². The molecule has 0 aliphatic carbocycles. The van der Waals surface area contributed by atoms with Gasteiger partial charge in [-0.15, -0.1) is 17.9 Å². The molecule has 2 aromatic heterocycles. The molecule has 2 heterocycles. The number of allylic oxidation sites excluding steroid dienone is 1. The third-order valence-electron chi connectivity index (χ3n) is 4.23. The fraction of sp³-hybridized carbons (Fsp3) is 0.200. The second kappa shape index (κ2) is 10.0. The molecule has 168 valence electrons. The smallest absolute Gasteiger partial charge is 0.272 e. The highest BCUT2D eigenvalue weighted by molar-refractivity contribution is 8.00. The van der Waals surface area contributed by atoms with E-state index in [9.17, 15) is 27.6 Å². The Labute approximate surface area is 188 Å². The van der Waals surface area contributed by atoms with Gasteiger partial charge in [0.25, 0.3) is 5.56 Å². The van der Waals surface area contributed by atoms with Crippen molar-refractivity contribution in [1.29, 1.82) is 0 Å². The average molecular weight is 483 g/mol. The summed E-state index contributed by atoms with van der Waals surface area (Å²) in [6.07, 6.45) is 1.54. The molecular formula is C20H17F3N4O3S2. The first-order valence-electron chi connectivity index (χ1n) is 9.19. The number of amides is 2.